The molecule has 1 heterocycles. The lowest BCUT2D eigenvalue weighted by Crippen LogP contribution is -2.23. The minimum Gasteiger partial charge on any atom is -0.385 e. The van der Waals surface area contributed by atoms with Gasteiger partial charge in [-0.1, -0.05) is 0 Å². The highest BCUT2D eigenvalue weighted by Gasteiger charge is 2.12. The van der Waals surface area contributed by atoms with Gasteiger partial charge in [-0.2, -0.15) is 0 Å². The van der Waals surface area contributed by atoms with E-state index in [1.54, 1.807) is 7.11 Å². The summed E-state index contributed by atoms with van der Waals surface area (Å²) in [5.41, 5.74) is 1.10. The largest absolute Gasteiger partial charge is 0.385 e. The molecule has 0 spiro atoms. The number of nitrogens with one attached hydrogen (secondary N) is 1. The van der Waals surface area contributed by atoms with Crippen LogP contribution in [0, 0.1) is 13.8 Å². The Kier molecular flexibility index (Phi) is 5.85. The Labute approximate surface area is 110 Å². The van der Waals surface area contributed by atoms with E-state index in [2.05, 4.69) is 41.1 Å². The van der Waals surface area contributed by atoms with E-state index in [9.17, 15) is 0 Å². The molecule has 0 aliphatic rings. The van der Waals surface area contributed by atoms with Crippen LogP contribution in [-0.4, -0.2) is 43.8 Å². The summed E-state index contributed by atoms with van der Waals surface area (Å²) in [5, 5.41) is 3.28. The first kappa shape index (κ1) is 14.7. The first-order valence-electron chi connectivity index (χ1n) is 6.39. The van der Waals surface area contributed by atoms with Crippen LogP contribution in [0.1, 0.15) is 24.7 Å². The fourth-order valence-electron chi connectivity index (χ4n) is 1.88. The quantitative estimate of drug-likeness (QED) is 0.752. The van der Waals surface area contributed by atoms with Crippen molar-refractivity contribution < 1.29 is 4.74 Å². The summed E-state index contributed by atoms with van der Waals surface area (Å²) in [4.78, 5) is 11.1. The zero-order valence-corrected chi connectivity index (χ0v) is 12.1. The highest BCUT2D eigenvalue weighted by molar-refractivity contribution is 5.58. The van der Waals surface area contributed by atoms with Gasteiger partial charge in [-0.15, -0.1) is 0 Å². The molecule has 0 aromatic carbocycles. The van der Waals surface area contributed by atoms with Crippen LogP contribution >= 0.6 is 0 Å². The zero-order chi connectivity index (χ0) is 13.5. The van der Waals surface area contributed by atoms with E-state index in [-0.39, 0.29) is 0 Å². The van der Waals surface area contributed by atoms with Gasteiger partial charge in [-0.05, 0) is 27.2 Å². The second kappa shape index (κ2) is 7.16. The summed E-state index contributed by atoms with van der Waals surface area (Å²) in [7, 11) is 3.78. The van der Waals surface area contributed by atoms with E-state index in [4.69, 9.17) is 4.74 Å². The number of methoxy groups -OCH3 is 1. The van der Waals surface area contributed by atoms with Crippen LogP contribution in [0.4, 0.5) is 11.6 Å². The predicted octanol–water partition coefficient (Wildman–Crippen LogP) is 2.00. The molecular formula is C13H24N4O. The molecular weight excluding hydrogens is 228 g/mol. The van der Waals surface area contributed by atoms with E-state index in [1.807, 2.05) is 6.92 Å². The third-order valence-corrected chi connectivity index (χ3v) is 2.78. The second-order valence-corrected chi connectivity index (χ2v) is 4.37. The molecule has 102 valence electrons. The monoisotopic (exact) mass is 252 g/mol. The Morgan fingerprint density at radius 2 is 2.00 bits per heavy atom. The number of aryl methyl sites for hydroxylation is 1. The molecule has 0 bridgehead atoms. The Bertz CT molecular complexity index is 381. The lowest BCUT2D eigenvalue weighted by molar-refractivity contribution is 0.196. The topological polar surface area (TPSA) is 50.3 Å². The highest BCUT2D eigenvalue weighted by Crippen LogP contribution is 2.22. The van der Waals surface area contributed by atoms with Crippen LogP contribution in [0.5, 0.6) is 0 Å². The van der Waals surface area contributed by atoms with Crippen molar-refractivity contribution in [3.63, 3.8) is 0 Å². The van der Waals surface area contributed by atoms with Gasteiger partial charge >= 0.3 is 0 Å². The predicted molar refractivity (Wildman–Crippen MR) is 75.4 cm³/mol. The molecule has 0 saturated heterocycles. The fourth-order valence-corrected chi connectivity index (χ4v) is 1.88. The summed E-state index contributed by atoms with van der Waals surface area (Å²) in [6, 6.07) is 0. The molecule has 1 aromatic heterocycles. The molecule has 0 aliphatic carbocycles. The van der Waals surface area contributed by atoms with Gasteiger partial charge in [-0.3, -0.25) is 0 Å². The van der Waals surface area contributed by atoms with E-state index in [0.717, 1.165) is 49.1 Å². The third kappa shape index (κ3) is 3.84. The van der Waals surface area contributed by atoms with E-state index < -0.39 is 0 Å². The Morgan fingerprint density at radius 1 is 1.28 bits per heavy atom. The third-order valence-electron chi connectivity index (χ3n) is 2.78. The van der Waals surface area contributed by atoms with Gasteiger partial charge in [0, 0.05) is 39.4 Å². The molecule has 0 saturated carbocycles. The average Bonchev–Trinajstić information content (AvgIpc) is 2.34. The van der Waals surface area contributed by atoms with E-state index in [1.165, 1.54) is 0 Å². The summed E-state index contributed by atoms with van der Waals surface area (Å²) in [6.07, 6.45) is 0.992. The van der Waals surface area contributed by atoms with Crippen LogP contribution in [0.3, 0.4) is 0 Å². The van der Waals surface area contributed by atoms with Crippen molar-refractivity contribution in [1.29, 1.82) is 0 Å². The second-order valence-electron chi connectivity index (χ2n) is 4.37. The number of anilines is 2. The maximum Gasteiger partial charge on any atom is 0.137 e. The zero-order valence-electron chi connectivity index (χ0n) is 12.1. The lowest BCUT2D eigenvalue weighted by atomic mass is 10.2. The molecule has 1 N–H and O–H groups in total. The SMILES string of the molecule is CCNc1nc(C)nc(N(C)CCCOC)c1C. The maximum absolute atomic E-state index is 5.07. The Balaban J connectivity index is 2.86. The van der Waals surface area contributed by atoms with Crippen molar-refractivity contribution in [2.45, 2.75) is 27.2 Å². The summed E-state index contributed by atoms with van der Waals surface area (Å²) in [6.45, 7) is 8.61. The van der Waals surface area contributed by atoms with E-state index in [0.29, 0.717) is 0 Å². The molecule has 1 aromatic rings. The standard InChI is InChI=1S/C13H24N4O/c1-6-14-12-10(2)13(16-11(3)15-12)17(4)8-7-9-18-5/h6-9H2,1-5H3,(H,14,15,16). The van der Waals surface area contributed by atoms with Gasteiger partial charge in [0.15, 0.2) is 0 Å². The molecule has 18 heavy (non-hydrogen) atoms. The molecule has 0 atom stereocenters. The first-order chi connectivity index (χ1) is 8.60. The van der Waals surface area contributed by atoms with Gasteiger partial charge in [0.2, 0.25) is 0 Å². The van der Waals surface area contributed by atoms with Gasteiger partial charge < -0.3 is 15.0 Å². The maximum atomic E-state index is 5.07. The van der Waals surface area contributed by atoms with Crippen molar-refractivity contribution >= 4 is 11.6 Å². The van der Waals surface area contributed by atoms with Crippen LogP contribution in [0.25, 0.3) is 0 Å². The molecule has 5 nitrogen and oxygen atoms in total. The smallest absolute Gasteiger partial charge is 0.137 e. The minimum absolute atomic E-state index is 0.771. The van der Waals surface area contributed by atoms with Crippen molar-refractivity contribution in [2.75, 3.05) is 44.1 Å². The van der Waals surface area contributed by atoms with Crippen LogP contribution in [-0.2, 0) is 4.74 Å². The Hall–Kier alpha value is -1.36. The van der Waals surface area contributed by atoms with Gasteiger partial charge in [0.1, 0.15) is 17.5 Å². The van der Waals surface area contributed by atoms with Crippen molar-refractivity contribution in [3.8, 4) is 0 Å². The van der Waals surface area contributed by atoms with E-state index >= 15 is 0 Å². The fraction of sp³-hybridized carbons (Fsp3) is 0.692. The number of hydrogen-bond donors (Lipinski definition) is 1. The van der Waals surface area contributed by atoms with Crippen molar-refractivity contribution in [2.24, 2.45) is 0 Å². The number of ether oxygens (including phenoxy) is 1. The summed E-state index contributed by atoms with van der Waals surface area (Å²) < 4.78 is 5.07. The normalized spacial score (nSPS) is 10.5. The van der Waals surface area contributed by atoms with Crippen LogP contribution in [0.2, 0.25) is 0 Å². The summed E-state index contributed by atoms with van der Waals surface area (Å²) in [5.74, 6) is 2.72. The average molecular weight is 252 g/mol. The summed E-state index contributed by atoms with van der Waals surface area (Å²) >= 11 is 0. The van der Waals surface area contributed by atoms with Crippen LogP contribution in [0.15, 0.2) is 0 Å². The van der Waals surface area contributed by atoms with Crippen LogP contribution < -0.4 is 10.2 Å². The Morgan fingerprint density at radius 3 is 2.61 bits per heavy atom. The minimum atomic E-state index is 0.771. The number of aromatic nitrogens is 2. The number of rotatable bonds is 7. The molecule has 1 rings (SSSR count). The van der Waals surface area contributed by atoms with Crippen molar-refractivity contribution in [3.05, 3.63) is 11.4 Å². The van der Waals surface area contributed by atoms with Gasteiger partial charge in [0.05, 0.1) is 0 Å². The molecule has 5 heteroatoms. The highest BCUT2D eigenvalue weighted by atomic mass is 16.5. The van der Waals surface area contributed by atoms with Crippen molar-refractivity contribution in [1.82, 2.24) is 9.97 Å². The first-order valence-corrected chi connectivity index (χ1v) is 6.39. The van der Waals surface area contributed by atoms with Gasteiger partial charge in [0.25, 0.3) is 0 Å². The molecule has 0 amide bonds. The lowest BCUT2D eigenvalue weighted by Gasteiger charge is -2.22. The number of hydrogen-bond acceptors (Lipinski definition) is 5. The molecule has 0 fully saturated rings. The molecule has 0 unspecified atom stereocenters. The molecule has 0 radical (unpaired) electrons. The molecule has 0 aliphatic heterocycles. The number of nitrogens with zero attached hydrogens (tertiary/aromatic N) is 3. The van der Waals surface area contributed by atoms with Gasteiger partial charge in [-0.25, -0.2) is 9.97 Å².